The van der Waals surface area contributed by atoms with Gasteiger partial charge in [0.1, 0.15) is 0 Å². The number of allylic oxidation sites excluding steroid dienone is 1. The van der Waals surface area contributed by atoms with Crippen molar-refractivity contribution in [1.82, 2.24) is 4.90 Å². The molecule has 1 amide bonds. The summed E-state index contributed by atoms with van der Waals surface area (Å²) < 4.78 is 0. The van der Waals surface area contributed by atoms with Crippen LogP contribution in [0.5, 0.6) is 0 Å². The fraction of sp³-hybridized carbons (Fsp3) is 0.400. The summed E-state index contributed by atoms with van der Waals surface area (Å²) in [5.41, 5.74) is 2.30. The zero-order valence-electron chi connectivity index (χ0n) is 10.5. The van der Waals surface area contributed by atoms with E-state index in [9.17, 15) is 4.79 Å². The van der Waals surface area contributed by atoms with Crippen LogP contribution >= 0.6 is 0 Å². The monoisotopic (exact) mass is 229 g/mol. The molecule has 90 valence electrons. The van der Waals surface area contributed by atoms with E-state index >= 15 is 0 Å². The van der Waals surface area contributed by atoms with Crippen LogP contribution in [0.4, 0.5) is 0 Å². The van der Waals surface area contributed by atoms with Gasteiger partial charge in [0.05, 0.1) is 0 Å². The minimum Gasteiger partial charge on any atom is -0.316 e. The van der Waals surface area contributed by atoms with Crippen LogP contribution in [0, 0.1) is 5.92 Å². The van der Waals surface area contributed by atoms with Gasteiger partial charge in [-0.3, -0.25) is 4.79 Å². The van der Waals surface area contributed by atoms with Crippen molar-refractivity contribution in [3.05, 3.63) is 41.6 Å². The molecule has 0 aromatic heterocycles. The third-order valence-electron chi connectivity index (χ3n) is 3.09. The van der Waals surface area contributed by atoms with Crippen molar-refractivity contribution in [3.63, 3.8) is 0 Å². The highest BCUT2D eigenvalue weighted by Gasteiger charge is 2.24. The van der Waals surface area contributed by atoms with E-state index in [0.717, 1.165) is 24.2 Å². The molecule has 1 saturated heterocycles. The van der Waals surface area contributed by atoms with Crippen LogP contribution < -0.4 is 0 Å². The Morgan fingerprint density at radius 3 is 2.53 bits per heavy atom. The van der Waals surface area contributed by atoms with Crippen molar-refractivity contribution >= 4 is 12.0 Å². The third-order valence-corrected chi connectivity index (χ3v) is 3.09. The Balaban J connectivity index is 2.29. The van der Waals surface area contributed by atoms with Crippen LogP contribution in [0.2, 0.25) is 0 Å². The summed E-state index contributed by atoms with van der Waals surface area (Å²) >= 11 is 0. The maximum absolute atomic E-state index is 11.8. The first-order chi connectivity index (χ1) is 8.18. The van der Waals surface area contributed by atoms with E-state index in [4.69, 9.17) is 0 Å². The predicted octanol–water partition coefficient (Wildman–Crippen LogP) is 3.31. The van der Waals surface area contributed by atoms with Crippen LogP contribution in [0.3, 0.4) is 0 Å². The fourth-order valence-electron chi connectivity index (χ4n) is 2.20. The Kier molecular flexibility index (Phi) is 3.62. The van der Waals surface area contributed by atoms with Gasteiger partial charge in [-0.1, -0.05) is 44.2 Å². The molecule has 0 bridgehead atoms. The lowest BCUT2D eigenvalue weighted by atomic mass is 10.1. The summed E-state index contributed by atoms with van der Waals surface area (Å²) in [5, 5.41) is 0. The second-order valence-electron chi connectivity index (χ2n) is 4.78. The molecular formula is C15H19NO. The van der Waals surface area contributed by atoms with Crippen LogP contribution in [0.1, 0.15) is 32.3 Å². The van der Waals surface area contributed by atoms with Gasteiger partial charge in [0.2, 0.25) is 5.91 Å². The minimum absolute atomic E-state index is 0.265. The van der Waals surface area contributed by atoms with Gasteiger partial charge in [0.25, 0.3) is 0 Å². The minimum atomic E-state index is 0.265. The van der Waals surface area contributed by atoms with Crippen molar-refractivity contribution in [2.45, 2.75) is 26.7 Å². The standard InChI is InChI=1S/C15H19NO/c1-12(2)14(16-10-6-9-15(16)17)11-13-7-4-3-5-8-13/h3-5,7-8,11-12H,6,9-10H2,1-2H3/b14-11-. The number of likely N-dealkylation sites (tertiary alicyclic amines) is 1. The molecule has 0 unspecified atom stereocenters. The highest BCUT2D eigenvalue weighted by molar-refractivity contribution is 5.81. The molecule has 0 atom stereocenters. The molecule has 0 saturated carbocycles. The van der Waals surface area contributed by atoms with Gasteiger partial charge in [0, 0.05) is 18.7 Å². The number of hydrogen-bond acceptors (Lipinski definition) is 1. The molecule has 1 heterocycles. The largest absolute Gasteiger partial charge is 0.316 e. The topological polar surface area (TPSA) is 20.3 Å². The van der Waals surface area contributed by atoms with Gasteiger partial charge in [0.15, 0.2) is 0 Å². The molecule has 2 nitrogen and oxygen atoms in total. The van der Waals surface area contributed by atoms with Crippen LogP contribution in [-0.2, 0) is 4.79 Å². The second kappa shape index (κ2) is 5.17. The first-order valence-electron chi connectivity index (χ1n) is 6.25. The number of benzene rings is 1. The van der Waals surface area contributed by atoms with Crippen molar-refractivity contribution in [1.29, 1.82) is 0 Å². The van der Waals surface area contributed by atoms with Crippen LogP contribution in [0.25, 0.3) is 6.08 Å². The lowest BCUT2D eigenvalue weighted by Crippen LogP contribution is -2.26. The number of hydrogen-bond donors (Lipinski definition) is 0. The quantitative estimate of drug-likeness (QED) is 0.778. The Hall–Kier alpha value is -1.57. The van der Waals surface area contributed by atoms with Crippen molar-refractivity contribution in [2.75, 3.05) is 6.54 Å². The SMILES string of the molecule is CC(C)/C(=C/c1ccccc1)N1CCCC1=O. The Labute approximate surface area is 103 Å². The number of amides is 1. The van der Waals surface area contributed by atoms with Gasteiger partial charge in [-0.25, -0.2) is 0 Å². The zero-order valence-corrected chi connectivity index (χ0v) is 10.5. The zero-order chi connectivity index (χ0) is 12.3. The number of carbonyl (C=O) groups is 1. The fourth-order valence-corrected chi connectivity index (χ4v) is 2.20. The van der Waals surface area contributed by atoms with E-state index in [2.05, 4.69) is 32.1 Å². The normalized spacial score (nSPS) is 17.0. The number of nitrogens with zero attached hydrogens (tertiary/aromatic N) is 1. The molecule has 0 N–H and O–H groups in total. The second-order valence-corrected chi connectivity index (χ2v) is 4.78. The molecule has 0 aliphatic carbocycles. The molecule has 17 heavy (non-hydrogen) atoms. The molecule has 0 spiro atoms. The summed E-state index contributed by atoms with van der Waals surface area (Å²) in [5.74, 6) is 0.637. The number of rotatable bonds is 3. The Morgan fingerprint density at radius 2 is 2.00 bits per heavy atom. The van der Waals surface area contributed by atoms with Crippen LogP contribution in [0.15, 0.2) is 36.0 Å². The van der Waals surface area contributed by atoms with E-state index in [1.807, 2.05) is 23.1 Å². The maximum atomic E-state index is 11.8. The van der Waals surface area contributed by atoms with Crippen LogP contribution in [-0.4, -0.2) is 17.4 Å². The first-order valence-corrected chi connectivity index (χ1v) is 6.25. The molecule has 1 aromatic carbocycles. The Morgan fingerprint density at radius 1 is 1.29 bits per heavy atom. The predicted molar refractivity (Wildman–Crippen MR) is 70.2 cm³/mol. The van der Waals surface area contributed by atoms with E-state index < -0.39 is 0 Å². The molecule has 1 aliphatic heterocycles. The molecular weight excluding hydrogens is 210 g/mol. The van der Waals surface area contributed by atoms with Crippen molar-refractivity contribution in [3.8, 4) is 0 Å². The number of carbonyl (C=O) groups excluding carboxylic acids is 1. The molecule has 1 aromatic rings. The van der Waals surface area contributed by atoms with Gasteiger partial charge < -0.3 is 4.90 Å². The average molecular weight is 229 g/mol. The summed E-state index contributed by atoms with van der Waals surface area (Å²) in [4.78, 5) is 13.7. The molecule has 0 radical (unpaired) electrons. The summed E-state index contributed by atoms with van der Waals surface area (Å²) in [7, 11) is 0. The van der Waals surface area contributed by atoms with Gasteiger partial charge in [-0.05, 0) is 24.0 Å². The van der Waals surface area contributed by atoms with E-state index in [1.165, 1.54) is 0 Å². The molecule has 2 rings (SSSR count). The third kappa shape index (κ3) is 2.76. The molecule has 1 fully saturated rings. The smallest absolute Gasteiger partial charge is 0.226 e. The van der Waals surface area contributed by atoms with E-state index in [1.54, 1.807) is 0 Å². The lowest BCUT2D eigenvalue weighted by Gasteiger charge is -2.23. The van der Waals surface area contributed by atoms with Crippen molar-refractivity contribution < 1.29 is 4.79 Å². The summed E-state index contributed by atoms with van der Waals surface area (Å²) in [6.45, 7) is 5.15. The lowest BCUT2D eigenvalue weighted by molar-refractivity contribution is -0.126. The summed E-state index contributed by atoms with van der Waals surface area (Å²) in [6.07, 6.45) is 3.81. The van der Waals surface area contributed by atoms with E-state index in [-0.39, 0.29) is 5.91 Å². The average Bonchev–Trinajstić information content (AvgIpc) is 2.73. The van der Waals surface area contributed by atoms with Gasteiger partial charge >= 0.3 is 0 Å². The van der Waals surface area contributed by atoms with Crippen molar-refractivity contribution in [2.24, 2.45) is 5.92 Å². The molecule has 1 aliphatic rings. The maximum Gasteiger partial charge on any atom is 0.226 e. The summed E-state index contributed by atoms with van der Waals surface area (Å²) in [6, 6.07) is 10.2. The van der Waals surface area contributed by atoms with Gasteiger partial charge in [-0.15, -0.1) is 0 Å². The molecule has 2 heteroatoms. The van der Waals surface area contributed by atoms with Gasteiger partial charge in [-0.2, -0.15) is 0 Å². The van der Waals surface area contributed by atoms with E-state index in [0.29, 0.717) is 12.3 Å². The Bertz CT molecular complexity index is 420. The highest BCUT2D eigenvalue weighted by atomic mass is 16.2. The highest BCUT2D eigenvalue weighted by Crippen LogP contribution is 2.24. The first kappa shape index (κ1) is 11.9.